The molecular formula is C16H26N2O2. The molecule has 0 aliphatic carbocycles. The van der Waals surface area contributed by atoms with Crippen molar-refractivity contribution in [2.75, 3.05) is 37.8 Å². The fourth-order valence-corrected chi connectivity index (χ4v) is 2.36. The predicted octanol–water partition coefficient (Wildman–Crippen LogP) is 1.77. The lowest BCUT2D eigenvalue weighted by Crippen LogP contribution is -2.39. The van der Waals surface area contributed by atoms with Gasteiger partial charge in [-0.1, -0.05) is 12.1 Å². The van der Waals surface area contributed by atoms with Crippen molar-refractivity contribution in [3.05, 3.63) is 29.8 Å². The number of nitrogens with zero attached hydrogens (tertiary/aromatic N) is 1. The van der Waals surface area contributed by atoms with Gasteiger partial charge >= 0.3 is 0 Å². The van der Waals surface area contributed by atoms with Gasteiger partial charge in [-0.3, -0.25) is 0 Å². The highest BCUT2D eigenvalue weighted by molar-refractivity contribution is 5.47. The molecule has 1 fully saturated rings. The van der Waals surface area contributed by atoms with Crippen molar-refractivity contribution in [3.63, 3.8) is 0 Å². The Labute approximate surface area is 121 Å². The van der Waals surface area contributed by atoms with Crippen LogP contribution in [-0.4, -0.2) is 43.6 Å². The van der Waals surface area contributed by atoms with Crippen molar-refractivity contribution in [1.29, 1.82) is 0 Å². The zero-order chi connectivity index (χ0) is 14.4. The Morgan fingerprint density at radius 1 is 1.20 bits per heavy atom. The van der Waals surface area contributed by atoms with E-state index in [1.165, 1.54) is 11.3 Å². The highest BCUT2D eigenvalue weighted by Crippen LogP contribution is 2.17. The van der Waals surface area contributed by atoms with Crippen LogP contribution in [0.3, 0.4) is 0 Å². The van der Waals surface area contributed by atoms with Crippen LogP contribution >= 0.6 is 0 Å². The summed E-state index contributed by atoms with van der Waals surface area (Å²) in [6.45, 7) is 8.86. The molecule has 0 unspecified atom stereocenters. The Hall–Kier alpha value is -1.10. The van der Waals surface area contributed by atoms with E-state index in [1.807, 2.05) is 0 Å². The summed E-state index contributed by atoms with van der Waals surface area (Å²) >= 11 is 0. The number of aliphatic hydroxyl groups is 1. The molecule has 1 aromatic carbocycles. The third-order valence-electron chi connectivity index (χ3n) is 3.82. The maximum absolute atomic E-state index is 9.02. The van der Waals surface area contributed by atoms with E-state index >= 15 is 0 Å². The number of hydrogen-bond donors (Lipinski definition) is 2. The SMILES string of the molecule is CC(C)(CCO)NCc1ccc(N2CCOCC2)cc1. The number of morpholine rings is 1. The highest BCUT2D eigenvalue weighted by Gasteiger charge is 2.16. The quantitative estimate of drug-likeness (QED) is 0.832. The van der Waals surface area contributed by atoms with Crippen LogP contribution in [0.1, 0.15) is 25.8 Å². The number of rotatable bonds is 6. The highest BCUT2D eigenvalue weighted by atomic mass is 16.5. The van der Waals surface area contributed by atoms with Gasteiger partial charge in [0.25, 0.3) is 0 Å². The average molecular weight is 278 g/mol. The number of hydrogen-bond acceptors (Lipinski definition) is 4. The molecule has 20 heavy (non-hydrogen) atoms. The molecule has 1 saturated heterocycles. The molecular weight excluding hydrogens is 252 g/mol. The Morgan fingerprint density at radius 2 is 1.85 bits per heavy atom. The fourth-order valence-electron chi connectivity index (χ4n) is 2.36. The summed E-state index contributed by atoms with van der Waals surface area (Å²) in [4.78, 5) is 2.36. The average Bonchev–Trinajstić information content (AvgIpc) is 2.47. The maximum Gasteiger partial charge on any atom is 0.0642 e. The minimum absolute atomic E-state index is 0.0301. The van der Waals surface area contributed by atoms with E-state index in [4.69, 9.17) is 9.84 Å². The Morgan fingerprint density at radius 3 is 2.45 bits per heavy atom. The minimum Gasteiger partial charge on any atom is -0.396 e. The van der Waals surface area contributed by atoms with Crippen LogP contribution in [0.25, 0.3) is 0 Å². The van der Waals surface area contributed by atoms with E-state index in [1.54, 1.807) is 0 Å². The van der Waals surface area contributed by atoms with Crippen LogP contribution in [0.15, 0.2) is 24.3 Å². The van der Waals surface area contributed by atoms with Gasteiger partial charge in [-0.25, -0.2) is 0 Å². The molecule has 0 radical (unpaired) electrons. The van der Waals surface area contributed by atoms with Crippen molar-refractivity contribution >= 4 is 5.69 Å². The largest absolute Gasteiger partial charge is 0.396 e. The molecule has 0 aromatic heterocycles. The predicted molar refractivity (Wildman–Crippen MR) is 82.1 cm³/mol. The molecule has 0 saturated carbocycles. The molecule has 0 bridgehead atoms. The summed E-state index contributed by atoms with van der Waals surface area (Å²) in [6.07, 6.45) is 0.763. The summed E-state index contributed by atoms with van der Waals surface area (Å²) in [7, 11) is 0. The lowest BCUT2D eigenvalue weighted by atomic mass is 10.0. The number of benzene rings is 1. The lowest BCUT2D eigenvalue weighted by molar-refractivity contribution is 0.122. The molecule has 0 amide bonds. The molecule has 1 heterocycles. The van der Waals surface area contributed by atoms with Gasteiger partial charge < -0.3 is 20.1 Å². The minimum atomic E-state index is -0.0301. The molecule has 2 rings (SSSR count). The summed E-state index contributed by atoms with van der Waals surface area (Å²) in [6, 6.07) is 8.71. The zero-order valence-electron chi connectivity index (χ0n) is 12.6. The molecule has 1 aromatic rings. The van der Waals surface area contributed by atoms with E-state index in [0.717, 1.165) is 39.3 Å². The van der Waals surface area contributed by atoms with Crippen molar-refractivity contribution in [3.8, 4) is 0 Å². The van der Waals surface area contributed by atoms with Crippen LogP contribution in [-0.2, 0) is 11.3 Å². The van der Waals surface area contributed by atoms with E-state index in [-0.39, 0.29) is 12.1 Å². The van der Waals surface area contributed by atoms with Crippen LogP contribution < -0.4 is 10.2 Å². The second-order valence-corrected chi connectivity index (χ2v) is 5.98. The van der Waals surface area contributed by atoms with Gasteiger partial charge in [-0.15, -0.1) is 0 Å². The molecule has 0 spiro atoms. The Kier molecular flexibility index (Phi) is 5.40. The standard InChI is InChI=1S/C16H26N2O2/c1-16(2,7-10-19)17-13-14-3-5-15(6-4-14)18-8-11-20-12-9-18/h3-6,17,19H,7-13H2,1-2H3. The van der Waals surface area contributed by atoms with Crippen molar-refractivity contribution < 1.29 is 9.84 Å². The first kappa shape index (κ1) is 15.3. The van der Waals surface area contributed by atoms with Crippen LogP contribution in [0.4, 0.5) is 5.69 Å². The molecule has 1 aliphatic rings. The summed E-state index contributed by atoms with van der Waals surface area (Å²) in [5, 5.41) is 12.5. The monoisotopic (exact) mass is 278 g/mol. The summed E-state index contributed by atoms with van der Waals surface area (Å²) in [5.74, 6) is 0. The van der Waals surface area contributed by atoms with E-state index in [9.17, 15) is 0 Å². The molecule has 4 nitrogen and oxygen atoms in total. The van der Waals surface area contributed by atoms with E-state index in [2.05, 4.69) is 48.3 Å². The molecule has 4 heteroatoms. The van der Waals surface area contributed by atoms with E-state index in [0.29, 0.717) is 0 Å². The topological polar surface area (TPSA) is 44.7 Å². The second kappa shape index (κ2) is 7.07. The summed E-state index contributed by atoms with van der Waals surface area (Å²) < 4.78 is 5.37. The smallest absolute Gasteiger partial charge is 0.0642 e. The van der Waals surface area contributed by atoms with E-state index < -0.39 is 0 Å². The number of anilines is 1. The maximum atomic E-state index is 9.02. The lowest BCUT2D eigenvalue weighted by Gasteiger charge is -2.29. The normalized spacial score (nSPS) is 16.4. The van der Waals surface area contributed by atoms with Gasteiger partial charge in [0.1, 0.15) is 0 Å². The first-order chi connectivity index (χ1) is 9.61. The summed E-state index contributed by atoms with van der Waals surface area (Å²) in [5.41, 5.74) is 2.51. The Balaban J connectivity index is 1.88. The van der Waals surface area contributed by atoms with Crippen molar-refractivity contribution in [2.45, 2.75) is 32.4 Å². The third-order valence-corrected chi connectivity index (χ3v) is 3.82. The molecule has 0 atom stereocenters. The van der Waals surface area contributed by atoms with Crippen LogP contribution in [0, 0.1) is 0 Å². The third kappa shape index (κ3) is 4.47. The van der Waals surface area contributed by atoms with Crippen molar-refractivity contribution in [2.24, 2.45) is 0 Å². The zero-order valence-corrected chi connectivity index (χ0v) is 12.6. The van der Waals surface area contributed by atoms with Gasteiger partial charge in [-0.2, -0.15) is 0 Å². The second-order valence-electron chi connectivity index (χ2n) is 5.98. The first-order valence-electron chi connectivity index (χ1n) is 7.38. The van der Waals surface area contributed by atoms with Gasteiger partial charge in [0, 0.05) is 37.5 Å². The molecule has 1 aliphatic heterocycles. The fraction of sp³-hybridized carbons (Fsp3) is 0.625. The van der Waals surface area contributed by atoms with Crippen molar-refractivity contribution in [1.82, 2.24) is 5.32 Å². The number of nitrogens with one attached hydrogen (secondary N) is 1. The first-order valence-corrected chi connectivity index (χ1v) is 7.38. The van der Waals surface area contributed by atoms with Gasteiger partial charge in [0.15, 0.2) is 0 Å². The van der Waals surface area contributed by atoms with Gasteiger partial charge in [0.2, 0.25) is 0 Å². The molecule has 2 N–H and O–H groups in total. The van der Waals surface area contributed by atoms with Gasteiger partial charge in [-0.05, 0) is 38.0 Å². The number of ether oxygens (including phenoxy) is 1. The number of aliphatic hydroxyl groups excluding tert-OH is 1. The van der Waals surface area contributed by atoms with Gasteiger partial charge in [0.05, 0.1) is 13.2 Å². The molecule has 112 valence electrons. The van der Waals surface area contributed by atoms with Crippen LogP contribution in [0.2, 0.25) is 0 Å². The van der Waals surface area contributed by atoms with Crippen LogP contribution in [0.5, 0.6) is 0 Å². The Bertz CT molecular complexity index is 397.